The molecule has 1 unspecified atom stereocenters. The Hall–Kier alpha value is -2.60. The number of furan rings is 1. The molecule has 6 heteroatoms. The van der Waals surface area contributed by atoms with Crippen molar-refractivity contribution in [2.75, 3.05) is 26.7 Å². The van der Waals surface area contributed by atoms with E-state index in [2.05, 4.69) is 10.2 Å². The molecule has 1 atom stereocenters. The Morgan fingerprint density at radius 3 is 2.81 bits per heavy atom. The summed E-state index contributed by atoms with van der Waals surface area (Å²) < 4.78 is 24.2. The zero-order chi connectivity index (χ0) is 19.1. The number of likely N-dealkylation sites (tertiary alicyclic amines) is 1. The van der Waals surface area contributed by atoms with Gasteiger partial charge < -0.3 is 14.5 Å². The van der Waals surface area contributed by atoms with Gasteiger partial charge in [0.2, 0.25) is 5.91 Å². The Labute approximate surface area is 158 Å². The van der Waals surface area contributed by atoms with E-state index in [0.717, 1.165) is 31.7 Å². The molecule has 1 aromatic carbocycles. The van der Waals surface area contributed by atoms with Crippen molar-refractivity contribution in [2.45, 2.75) is 25.3 Å². The molecule has 0 spiro atoms. The number of carbonyl (C=O) groups excluding carboxylic acids is 1. The maximum atomic E-state index is 13.7. The zero-order valence-corrected chi connectivity index (χ0v) is 15.5. The van der Waals surface area contributed by atoms with E-state index in [1.54, 1.807) is 18.4 Å². The number of benzene rings is 1. The largest absolute Gasteiger partial charge is 0.494 e. The lowest BCUT2D eigenvalue weighted by atomic mass is 10.1. The summed E-state index contributed by atoms with van der Waals surface area (Å²) in [5.41, 5.74) is 0.599. The van der Waals surface area contributed by atoms with Crippen molar-refractivity contribution < 1.29 is 18.3 Å². The topological polar surface area (TPSA) is 54.7 Å². The minimum absolute atomic E-state index is 0.0241. The highest BCUT2D eigenvalue weighted by molar-refractivity contribution is 5.91. The van der Waals surface area contributed by atoms with Gasteiger partial charge in [-0.2, -0.15) is 0 Å². The van der Waals surface area contributed by atoms with Crippen LogP contribution >= 0.6 is 0 Å². The minimum Gasteiger partial charge on any atom is -0.494 e. The summed E-state index contributed by atoms with van der Waals surface area (Å²) in [6, 6.07) is 8.41. The predicted octanol–water partition coefficient (Wildman–Crippen LogP) is 3.78. The van der Waals surface area contributed by atoms with Crippen molar-refractivity contribution in [1.82, 2.24) is 10.2 Å². The fourth-order valence-corrected chi connectivity index (χ4v) is 3.33. The molecule has 1 fully saturated rings. The van der Waals surface area contributed by atoms with Crippen LogP contribution in [0.15, 0.2) is 47.1 Å². The van der Waals surface area contributed by atoms with Crippen LogP contribution in [0.5, 0.6) is 5.75 Å². The Kier molecular flexibility index (Phi) is 6.65. The predicted molar refractivity (Wildman–Crippen MR) is 102 cm³/mol. The van der Waals surface area contributed by atoms with Gasteiger partial charge in [0.1, 0.15) is 5.76 Å². The third kappa shape index (κ3) is 5.20. The maximum Gasteiger partial charge on any atom is 0.244 e. The molecule has 2 aromatic rings. The highest BCUT2D eigenvalue weighted by Gasteiger charge is 2.24. The first-order valence-electron chi connectivity index (χ1n) is 9.24. The van der Waals surface area contributed by atoms with Gasteiger partial charge in [-0.25, -0.2) is 4.39 Å². The molecule has 1 aliphatic rings. The molecule has 1 aromatic heterocycles. The minimum atomic E-state index is -0.456. The van der Waals surface area contributed by atoms with Crippen LogP contribution in [0.25, 0.3) is 6.08 Å². The van der Waals surface area contributed by atoms with Gasteiger partial charge >= 0.3 is 0 Å². The molecule has 1 saturated heterocycles. The first-order valence-corrected chi connectivity index (χ1v) is 9.24. The Balaban J connectivity index is 1.59. The molecule has 1 N–H and O–H groups in total. The van der Waals surface area contributed by atoms with Gasteiger partial charge in [0.05, 0.1) is 19.4 Å². The van der Waals surface area contributed by atoms with Gasteiger partial charge in [0.25, 0.3) is 0 Å². The number of halogens is 1. The molecular formula is C21H25FN2O3. The number of ether oxygens (including phenoxy) is 1. The van der Waals surface area contributed by atoms with Crippen molar-refractivity contribution in [3.8, 4) is 5.75 Å². The first-order chi connectivity index (χ1) is 13.2. The second kappa shape index (κ2) is 9.37. The van der Waals surface area contributed by atoms with Crippen molar-refractivity contribution in [3.05, 3.63) is 59.8 Å². The summed E-state index contributed by atoms with van der Waals surface area (Å²) in [6.45, 7) is 2.47. The third-order valence-electron chi connectivity index (χ3n) is 4.78. The number of hydrogen-bond acceptors (Lipinski definition) is 4. The molecule has 3 rings (SSSR count). The van der Waals surface area contributed by atoms with Crippen LogP contribution in [0, 0.1) is 5.82 Å². The summed E-state index contributed by atoms with van der Waals surface area (Å²) in [4.78, 5) is 14.6. The van der Waals surface area contributed by atoms with E-state index in [0.29, 0.717) is 12.1 Å². The van der Waals surface area contributed by atoms with Gasteiger partial charge in [-0.05, 0) is 61.8 Å². The van der Waals surface area contributed by atoms with Crippen molar-refractivity contribution in [3.63, 3.8) is 0 Å². The molecule has 5 nitrogen and oxygen atoms in total. The molecule has 1 amide bonds. The van der Waals surface area contributed by atoms with E-state index in [4.69, 9.17) is 9.15 Å². The molecule has 1 aliphatic heterocycles. The summed E-state index contributed by atoms with van der Waals surface area (Å²) in [5.74, 6) is 0.362. The standard InChI is InChI=1S/C21H25FN2O3/c1-26-19-9-7-16(14-17(19)22)8-10-21(25)23-15-18(20-6-5-13-27-20)24-11-3-2-4-12-24/h5-10,13-14,18H,2-4,11-12,15H2,1H3,(H,23,25)/b10-8+. The summed E-state index contributed by atoms with van der Waals surface area (Å²) in [7, 11) is 1.42. The van der Waals surface area contributed by atoms with E-state index in [1.165, 1.54) is 31.7 Å². The van der Waals surface area contributed by atoms with E-state index < -0.39 is 5.82 Å². The second-order valence-corrected chi connectivity index (χ2v) is 6.60. The van der Waals surface area contributed by atoms with Gasteiger partial charge in [-0.1, -0.05) is 12.5 Å². The van der Waals surface area contributed by atoms with Crippen LogP contribution in [0.2, 0.25) is 0 Å². The molecule has 0 saturated carbocycles. The lowest BCUT2D eigenvalue weighted by Gasteiger charge is -2.33. The van der Waals surface area contributed by atoms with Gasteiger partial charge in [-0.3, -0.25) is 9.69 Å². The number of piperidine rings is 1. The molecule has 27 heavy (non-hydrogen) atoms. The molecule has 0 bridgehead atoms. The first kappa shape index (κ1) is 19.2. The average molecular weight is 372 g/mol. The average Bonchev–Trinajstić information content (AvgIpc) is 3.22. The van der Waals surface area contributed by atoms with Gasteiger partial charge in [-0.15, -0.1) is 0 Å². The molecule has 0 aliphatic carbocycles. The van der Waals surface area contributed by atoms with E-state index in [9.17, 15) is 9.18 Å². The van der Waals surface area contributed by atoms with Crippen LogP contribution in [0.1, 0.15) is 36.6 Å². The second-order valence-electron chi connectivity index (χ2n) is 6.60. The summed E-state index contributed by atoms with van der Waals surface area (Å²) in [6.07, 6.45) is 8.22. The number of hydrogen-bond donors (Lipinski definition) is 1. The SMILES string of the molecule is COc1ccc(/C=C/C(=O)NCC(c2ccco2)N2CCCCC2)cc1F. The van der Waals surface area contributed by atoms with Crippen molar-refractivity contribution in [2.24, 2.45) is 0 Å². The lowest BCUT2D eigenvalue weighted by Crippen LogP contribution is -2.40. The number of nitrogens with one attached hydrogen (secondary N) is 1. The van der Waals surface area contributed by atoms with Crippen LogP contribution in [0.4, 0.5) is 4.39 Å². The van der Waals surface area contributed by atoms with Crippen molar-refractivity contribution >= 4 is 12.0 Å². The van der Waals surface area contributed by atoms with Crippen LogP contribution in [-0.2, 0) is 4.79 Å². The fraction of sp³-hybridized carbons (Fsp3) is 0.381. The highest BCUT2D eigenvalue weighted by Crippen LogP contribution is 2.24. The fourth-order valence-electron chi connectivity index (χ4n) is 3.33. The number of nitrogens with zero attached hydrogens (tertiary/aromatic N) is 1. The normalized spacial score (nSPS) is 16.4. The van der Waals surface area contributed by atoms with Crippen LogP contribution in [-0.4, -0.2) is 37.6 Å². The highest BCUT2D eigenvalue weighted by atomic mass is 19.1. The van der Waals surface area contributed by atoms with Crippen LogP contribution in [0.3, 0.4) is 0 Å². The number of methoxy groups -OCH3 is 1. The van der Waals surface area contributed by atoms with Crippen LogP contribution < -0.4 is 10.1 Å². The number of carbonyl (C=O) groups is 1. The zero-order valence-electron chi connectivity index (χ0n) is 15.5. The summed E-state index contributed by atoms with van der Waals surface area (Å²) >= 11 is 0. The van der Waals surface area contributed by atoms with E-state index in [1.807, 2.05) is 12.1 Å². The van der Waals surface area contributed by atoms with Crippen molar-refractivity contribution in [1.29, 1.82) is 0 Å². The third-order valence-corrected chi connectivity index (χ3v) is 4.78. The lowest BCUT2D eigenvalue weighted by molar-refractivity contribution is -0.116. The van der Waals surface area contributed by atoms with Gasteiger partial charge in [0.15, 0.2) is 11.6 Å². The smallest absolute Gasteiger partial charge is 0.244 e. The molecule has 144 valence electrons. The van der Waals surface area contributed by atoms with Gasteiger partial charge in [0, 0.05) is 12.6 Å². The Morgan fingerprint density at radius 1 is 1.33 bits per heavy atom. The molecule has 0 radical (unpaired) electrons. The van der Waals surface area contributed by atoms with E-state index in [-0.39, 0.29) is 17.7 Å². The maximum absolute atomic E-state index is 13.7. The summed E-state index contributed by atoms with van der Waals surface area (Å²) in [5, 5.41) is 2.93. The molecular weight excluding hydrogens is 347 g/mol. The monoisotopic (exact) mass is 372 g/mol. The molecule has 2 heterocycles. The quantitative estimate of drug-likeness (QED) is 0.752. The Morgan fingerprint density at radius 2 is 2.15 bits per heavy atom. The Bertz CT molecular complexity index is 768. The number of rotatable bonds is 7. The number of amides is 1. The van der Waals surface area contributed by atoms with E-state index >= 15 is 0 Å².